The normalized spacial score (nSPS) is 53.3. The molecule has 0 saturated heterocycles. The number of fused-ring (bicyclic) bond motifs is 10. The maximum absolute atomic E-state index is 13.5. The van der Waals surface area contributed by atoms with Gasteiger partial charge in [0, 0.05) is 12.8 Å². The van der Waals surface area contributed by atoms with Crippen LogP contribution >= 0.6 is 0 Å². The first-order valence-corrected chi connectivity index (χ1v) is 23.6. The Hall–Kier alpha value is -1.22. The number of aliphatic hydroxyl groups excluding tert-OH is 4. The monoisotopic (exact) mass is 783 g/mol. The lowest BCUT2D eigenvalue weighted by atomic mass is 9.43. The second-order valence-electron chi connectivity index (χ2n) is 22.8. The number of rotatable bonds is 9. The molecule has 2 unspecified atom stereocenters. The maximum atomic E-state index is 13.5. The molecule has 0 heterocycles. The Morgan fingerprint density at radius 3 is 1.89 bits per heavy atom. The van der Waals surface area contributed by atoms with Gasteiger partial charge in [-0.15, -0.1) is 0 Å². The zero-order chi connectivity index (χ0) is 40.1. The highest BCUT2D eigenvalue weighted by Gasteiger charge is 2.67. The van der Waals surface area contributed by atoms with Crippen LogP contribution in [0.25, 0.3) is 0 Å². The maximum Gasteiger partial charge on any atom is 0.306 e. The lowest BCUT2D eigenvalue weighted by Crippen LogP contribution is -2.62. The standard InChI is InChI=1S/C48H78O8/c1-26(7-15-42(53)54)34-12-14-36-44-38(25-41(52)48(34,36)6)46(4)20-18-31(22-29(46)23-39(44)50)56-43(55)16-8-27(2)33-11-13-35-32-10-9-28-21-30(49)17-19-45(28,3)37(32)24-40(51)47(33,35)5/h26-41,44,49-52H,7-25H2,1-6H3,(H,53,54)/t26-,27-,28-,29+,30-,31-,32+,33?,34?,35+,36+,37+,38+,39+,40+,41+,44+,45+,46+,47-,48-/m1/s1. The van der Waals surface area contributed by atoms with Gasteiger partial charge < -0.3 is 30.3 Å². The number of carboxylic acids is 1. The van der Waals surface area contributed by atoms with Crippen LogP contribution in [0.3, 0.4) is 0 Å². The van der Waals surface area contributed by atoms with Crippen molar-refractivity contribution in [2.24, 2.45) is 92.7 Å². The summed E-state index contributed by atoms with van der Waals surface area (Å²) in [5, 5.41) is 55.6. The van der Waals surface area contributed by atoms with Gasteiger partial charge in [0.2, 0.25) is 0 Å². The predicted octanol–water partition coefficient (Wildman–Crippen LogP) is 8.41. The van der Waals surface area contributed by atoms with Crippen LogP contribution in [0.15, 0.2) is 0 Å². The molecule has 0 aliphatic heterocycles. The first-order chi connectivity index (χ1) is 26.4. The molecule has 0 aromatic carbocycles. The minimum Gasteiger partial charge on any atom is -0.481 e. The average Bonchev–Trinajstić information content (AvgIpc) is 3.70. The second kappa shape index (κ2) is 15.0. The quantitative estimate of drug-likeness (QED) is 0.147. The van der Waals surface area contributed by atoms with E-state index in [0.717, 1.165) is 77.0 Å². The van der Waals surface area contributed by atoms with E-state index in [2.05, 4.69) is 41.5 Å². The van der Waals surface area contributed by atoms with E-state index in [-0.39, 0.29) is 87.9 Å². The number of aliphatic hydroxyl groups is 4. The molecule has 0 aromatic heterocycles. The van der Waals surface area contributed by atoms with Crippen LogP contribution in [-0.4, -0.2) is 68.0 Å². The fourth-order valence-corrected chi connectivity index (χ4v) is 17.7. The van der Waals surface area contributed by atoms with E-state index < -0.39 is 18.2 Å². The zero-order valence-corrected chi connectivity index (χ0v) is 35.7. The molecule has 8 aliphatic rings. The molecule has 8 saturated carbocycles. The van der Waals surface area contributed by atoms with Crippen molar-refractivity contribution in [1.29, 1.82) is 0 Å². The number of hydrogen-bond donors (Lipinski definition) is 5. The molecule has 8 fully saturated rings. The third-order valence-electron chi connectivity index (χ3n) is 20.9. The van der Waals surface area contributed by atoms with Gasteiger partial charge in [-0.3, -0.25) is 9.59 Å². The van der Waals surface area contributed by atoms with Crippen molar-refractivity contribution in [1.82, 2.24) is 0 Å². The van der Waals surface area contributed by atoms with Crippen LogP contribution in [0.4, 0.5) is 0 Å². The van der Waals surface area contributed by atoms with Gasteiger partial charge >= 0.3 is 11.9 Å². The lowest BCUT2D eigenvalue weighted by molar-refractivity contribution is -0.209. The number of esters is 1. The molecule has 0 bridgehead atoms. The topological polar surface area (TPSA) is 145 Å². The van der Waals surface area contributed by atoms with Crippen molar-refractivity contribution in [2.45, 2.75) is 194 Å². The van der Waals surface area contributed by atoms with Gasteiger partial charge in [0.15, 0.2) is 0 Å². The van der Waals surface area contributed by atoms with Crippen LogP contribution in [0.2, 0.25) is 0 Å². The van der Waals surface area contributed by atoms with Crippen molar-refractivity contribution in [3.63, 3.8) is 0 Å². The number of hydrogen-bond acceptors (Lipinski definition) is 7. The average molecular weight is 783 g/mol. The Kier molecular flexibility index (Phi) is 11.2. The molecule has 56 heavy (non-hydrogen) atoms. The zero-order valence-electron chi connectivity index (χ0n) is 35.7. The summed E-state index contributed by atoms with van der Waals surface area (Å²) < 4.78 is 6.27. The molecule has 0 spiro atoms. The van der Waals surface area contributed by atoms with Gasteiger partial charge in [-0.2, -0.15) is 0 Å². The first-order valence-electron chi connectivity index (χ1n) is 23.6. The molecule has 8 rings (SSSR count). The van der Waals surface area contributed by atoms with Crippen LogP contribution in [-0.2, 0) is 14.3 Å². The number of carbonyl (C=O) groups excluding carboxylic acids is 1. The molecule has 8 nitrogen and oxygen atoms in total. The molecule has 0 radical (unpaired) electrons. The summed E-state index contributed by atoms with van der Waals surface area (Å²) in [6.07, 6.45) is 15.0. The van der Waals surface area contributed by atoms with E-state index in [1.54, 1.807) is 0 Å². The van der Waals surface area contributed by atoms with Gasteiger partial charge in [-0.1, -0.05) is 41.5 Å². The number of carboxylic acid groups (broad SMARTS) is 1. The van der Waals surface area contributed by atoms with E-state index in [4.69, 9.17) is 4.74 Å². The van der Waals surface area contributed by atoms with Gasteiger partial charge in [-0.05, 0) is 202 Å². The Morgan fingerprint density at radius 1 is 0.625 bits per heavy atom. The number of ether oxygens (including phenoxy) is 1. The molecule has 8 heteroatoms. The van der Waals surface area contributed by atoms with Gasteiger partial charge in [0.05, 0.1) is 24.4 Å². The van der Waals surface area contributed by atoms with Gasteiger partial charge in [0.1, 0.15) is 6.10 Å². The van der Waals surface area contributed by atoms with E-state index in [1.165, 1.54) is 19.3 Å². The summed E-state index contributed by atoms with van der Waals surface area (Å²) in [7, 11) is 0. The van der Waals surface area contributed by atoms with E-state index in [1.807, 2.05) is 0 Å². The van der Waals surface area contributed by atoms with E-state index >= 15 is 0 Å². The van der Waals surface area contributed by atoms with E-state index in [0.29, 0.717) is 54.8 Å². The van der Waals surface area contributed by atoms with Gasteiger partial charge in [0.25, 0.3) is 0 Å². The Balaban J connectivity index is 0.859. The first kappa shape index (κ1) is 41.5. The van der Waals surface area contributed by atoms with Gasteiger partial charge in [-0.25, -0.2) is 0 Å². The molecule has 5 N–H and O–H groups in total. The number of carbonyl (C=O) groups is 2. The molecular formula is C48H78O8. The van der Waals surface area contributed by atoms with Crippen molar-refractivity contribution in [2.75, 3.05) is 0 Å². The molecule has 8 aliphatic carbocycles. The smallest absolute Gasteiger partial charge is 0.306 e. The summed E-state index contributed by atoms with van der Waals surface area (Å²) in [5.41, 5.74) is -0.203. The number of aliphatic carboxylic acids is 1. The fraction of sp³-hybridized carbons (Fsp3) is 0.958. The molecule has 0 amide bonds. The van der Waals surface area contributed by atoms with E-state index in [9.17, 15) is 35.1 Å². The second-order valence-corrected chi connectivity index (χ2v) is 22.8. The molecule has 0 aromatic rings. The van der Waals surface area contributed by atoms with Crippen molar-refractivity contribution >= 4 is 11.9 Å². The third-order valence-corrected chi connectivity index (χ3v) is 20.9. The largest absolute Gasteiger partial charge is 0.481 e. The molecular weight excluding hydrogens is 705 g/mol. The fourth-order valence-electron chi connectivity index (χ4n) is 17.7. The Bertz CT molecular complexity index is 1470. The Labute approximate surface area is 337 Å². The summed E-state index contributed by atoms with van der Waals surface area (Å²) in [6, 6.07) is 0. The SMILES string of the molecule is C[C@H](CCC(=O)O[C@@H]1CC[C@@]2(C)[C@@H](C1)C[C@H](O)[C@@H]1[C@@H]2C[C@H](O)[C@]2(C)C([C@H](C)CCC(=O)O)CC[C@@H]12)C1CC[C@H]2[C@@H]3CC[C@@H]4C[C@H](O)CC[C@]4(C)[C@H]3C[C@H](O)[C@]12C. The minimum atomic E-state index is -0.762. The highest BCUT2D eigenvalue weighted by molar-refractivity contribution is 5.69. The minimum absolute atomic E-state index is 0.0140. The molecule has 318 valence electrons. The highest BCUT2D eigenvalue weighted by Crippen LogP contribution is 2.70. The van der Waals surface area contributed by atoms with Crippen LogP contribution in [0.5, 0.6) is 0 Å². The predicted molar refractivity (Wildman–Crippen MR) is 215 cm³/mol. The van der Waals surface area contributed by atoms with Crippen molar-refractivity contribution in [3.8, 4) is 0 Å². The molecule has 21 atom stereocenters. The van der Waals surface area contributed by atoms with Crippen LogP contribution < -0.4 is 0 Å². The van der Waals surface area contributed by atoms with Crippen LogP contribution in [0, 0.1) is 92.7 Å². The lowest BCUT2D eigenvalue weighted by Gasteiger charge is -2.63. The summed E-state index contributed by atoms with van der Waals surface area (Å²) in [5.74, 6) is 3.51. The Morgan fingerprint density at radius 2 is 1.21 bits per heavy atom. The summed E-state index contributed by atoms with van der Waals surface area (Å²) in [4.78, 5) is 24.9. The third kappa shape index (κ3) is 6.48. The summed E-state index contributed by atoms with van der Waals surface area (Å²) in [6.45, 7) is 14.0. The van der Waals surface area contributed by atoms with Crippen molar-refractivity contribution < 1.29 is 39.9 Å². The highest BCUT2D eigenvalue weighted by atomic mass is 16.5. The van der Waals surface area contributed by atoms with Crippen molar-refractivity contribution in [3.05, 3.63) is 0 Å². The van der Waals surface area contributed by atoms with Crippen LogP contribution in [0.1, 0.15) is 164 Å². The summed E-state index contributed by atoms with van der Waals surface area (Å²) >= 11 is 0.